The summed E-state index contributed by atoms with van der Waals surface area (Å²) >= 11 is 1.27. The smallest absolute Gasteiger partial charge is 0.267 e. The third-order valence-corrected chi connectivity index (χ3v) is 5.68. The Bertz CT molecular complexity index is 1220. The van der Waals surface area contributed by atoms with E-state index in [1.807, 2.05) is 61.5 Å². The van der Waals surface area contributed by atoms with Crippen LogP contribution in [0, 0.1) is 0 Å². The predicted octanol–water partition coefficient (Wildman–Crippen LogP) is 5.21. The van der Waals surface area contributed by atoms with E-state index in [2.05, 4.69) is 5.32 Å². The molecule has 152 valence electrons. The topological polar surface area (TPSA) is 86.5 Å². The van der Waals surface area contributed by atoms with E-state index < -0.39 is 0 Å². The number of hydrogen-bond donors (Lipinski definition) is 2. The highest BCUT2D eigenvalue weighted by Crippen LogP contribution is 2.35. The fraction of sp³-hybridized carbons (Fsp3) is 0.130. The lowest BCUT2D eigenvalue weighted by atomic mass is 10.1. The van der Waals surface area contributed by atoms with E-state index in [1.165, 1.54) is 11.3 Å². The first-order chi connectivity index (χ1) is 14.6. The summed E-state index contributed by atoms with van der Waals surface area (Å²) in [6.45, 7) is 2.47. The van der Waals surface area contributed by atoms with Crippen LogP contribution >= 0.6 is 11.3 Å². The Morgan fingerprint density at radius 3 is 2.70 bits per heavy atom. The van der Waals surface area contributed by atoms with Crippen LogP contribution in [-0.4, -0.2) is 24.6 Å². The molecular weight excluding hydrogens is 398 g/mol. The van der Waals surface area contributed by atoms with E-state index in [-0.39, 0.29) is 5.91 Å². The average molecular weight is 420 g/mol. The van der Waals surface area contributed by atoms with Gasteiger partial charge < -0.3 is 20.5 Å². The zero-order valence-electron chi connectivity index (χ0n) is 16.6. The maximum Gasteiger partial charge on any atom is 0.267 e. The molecule has 4 rings (SSSR count). The molecule has 6 nitrogen and oxygen atoms in total. The Balaban J connectivity index is 1.64. The lowest BCUT2D eigenvalue weighted by Gasteiger charge is -2.07. The summed E-state index contributed by atoms with van der Waals surface area (Å²) in [7, 11) is 1.63. The quantitative estimate of drug-likeness (QED) is 0.448. The number of ether oxygens (including phenoxy) is 2. The first-order valence-corrected chi connectivity index (χ1v) is 10.3. The highest BCUT2D eigenvalue weighted by atomic mass is 32.1. The number of rotatable bonds is 6. The van der Waals surface area contributed by atoms with Crippen LogP contribution in [0.1, 0.15) is 16.6 Å². The molecule has 0 unspecified atom stereocenters. The summed E-state index contributed by atoms with van der Waals surface area (Å²) in [4.78, 5) is 18.7. The van der Waals surface area contributed by atoms with Gasteiger partial charge in [-0.1, -0.05) is 18.2 Å². The second-order valence-corrected chi connectivity index (χ2v) is 7.54. The summed E-state index contributed by atoms with van der Waals surface area (Å²) in [6.07, 6.45) is 0. The third kappa shape index (κ3) is 3.92. The minimum absolute atomic E-state index is 0.271. The monoisotopic (exact) mass is 419 g/mol. The Labute approximate surface area is 178 Å². The van der Waals surface area contributed by atoms with E-state index in [0.717, 1.165) is 22.4 Å². The molecule has 0 radical (unpaired) electrons. The Morgan fingerprint density at radius 1 is 1.10 bits per heavy atom. The first kappa shape index (κ1) is 19.7. The van der Waals surface area contributed by atoms with Crippen molar-refractivity contribution in [3.63, 3.8) is 0 Å². The molecule has 1 amide bonds. The number of nitrogens with two attached hydrogens (primary N) is 1. The van der Waals surface area contributed by atoms with Crippen molar-refractivity contribution in [3.8, 4) is 22.8 Å². The largest absolute Gasteiger partial charge is 0.497 e. The molecule has 0 saturated carbocycles. The average Bonchev–Trinajstić information content (AvgIpc) is 3.10. The summed E-state index contributed by atoms with van der Waals surface area (Å²) in [6, 6.07) is 18.7. The van der Waals surface area contributed by atoms with Crippen molar-refractivity contribution >= 4 is 38.8 Å². The number of carbonyl (C=O) groups is 1. The standard InChI is InChI=1S/C23H21N3O3S/c1-3-29-17-9-5-7-15(13-17)25-22(27)21-20(24)18-10-11-19(26-23(18)30-21)14-6-4-8-16(12-14)28-2/h4-13H,3,24H2,1-2H3,(H,25,27). The Morgan fingerprint density at radius 2 is 1.90 bits per heavy atom. The number of aromatic nitrogens is 1. The SMILES string of the molecule is CCOc1cccc(NC(=O)c2sc3nc(-c4cccc(OC)c4)ccc3c2N)c1. The Hall–Kier alpha value is -3.58. The van der Waals surface area contributed by atoms with Crippen molar-refractivity contribution in [1.29, 1.82) is 0 Å². The lowest BCUT2D eigenvalue weighted by Crippen LogP contribution is -2.12. The molecule has 0 atom stereocenters. The summed E-state index contributed by atoms with van der Waals surface area (Å²) < 4.78 is 10.8. The molecule has 0 aliphatic carbocycles. The van der Waals surface area contributed by atoms with Crippen molar-refractivity contribution in [2.75, 3.05) is 24.8 Å². The maximum absolute atomic E-state index is 12.8. The fourth-order valence-electron chi connectivity index (χ4n) is 3.13. The van der Waals surface area contributed by atoms with Crippen LogP contribution in [-0.2, 0) is 0 Å². The number of pyridine rings is 1. The zero-order valence-corrected chi connectivity index (χ0v) is 17.5. The van der Waals surface area contributed by atoms with Gasteiger partial charge in [-0.05, 0) is 43.3 Å². The van der Waals surface area contributed by atoms with Crippen molar-refractivity contribution in [3.05, 3.63) is 65.5 Å². The number of anilines is 2. The van der Waals surface area contributed by atoms with Gasteiger partial charge in [0.1, 0.15) is 21.2 Å². The molecule has 0 aliphatic heterocycles. The lowest BCUT2D eigenvalue weighted by molar-refractivity contribution is 0.103. The molecule has 2 heterocycles. The van der Waals surface area contributed by atoms with Gasteiger partial charge in [-0.2, -0.15) is 0 Å². The molecule has 2 aromatic heterocycles. The van der Waals surface area contributed by atoms with E-state index in [0.29, 0.717) is 33.4 Å². The Kier molecular flexibility index (Phi) is 5.54. The highest BCUT2D eigenvalue weighted by Gasteiger charge is 2.18. The molecule has 30 heavy (non-hydrogen) atoms. The summed E-state index contributed by atoms with van der Waals surface area (Å²) in [5, 5.41) is 3.65. The number of carbonyl (C=O) groups excluding carboxylic acids is 1. The van der Waals surface area contributed by atoms with E-state index in [4.69, 9.17) is 20.2 Å². The molecule has 0 saturated heterocycles. The van der Waals surface area contributed by atoms with Gasteiger partial charge in [-0.25, -0.2) is 4.98 Å². The van der Waals surface area contributed by atoms with Crippen molar-refractivity contribution in [2.45, 2.75) is 6.92 Å². The number of benzene rings is 2. The van der Waals surface area contributed by atoms with Gasteiger partial charge in [-0.15, -0.1) is 11.3 Å². The second kappa shape index (κ2) is 8.42. The van der Waals surface area contributed by atoms with E-state index in [1.54, 1.807) is 13.2 Å². The fourth-order valence-corrected chi connectivity index (χ4v) is 4.12. The van der Waals surface area contributed by atoms with Crippen LogP contribution in [0.4, 0.5) is 11.4 Å². The van der Waals surface area contributed by atoms with Gasteiger partial charge in [-0.3, -0.25) is 4.79 Å². The van der Waals surface area contributed by atoms with Gasteiger partial charge in [0.15, 0.2) is 0 Å². The van der Waals surface area contributed by atoms with E-state index in [9.17, 15) is 4.79 Å². The van der Waals surface area contributed by atoms with Gasteiger partial charge in [0, 0.05) is 22.7 Å². The molecule has 0 bridgehead atoms. The molecular formula is C23H21N3O3S. The zero-order chi connectivity index (χ0) is 21.1. The number of amides is 1. The molecule has 2 aromatic carbocycles. The number of nitrogens with zero attached hydrogens (tertiary/aromatic N) is 1. The first-order valence-electron chi connectivity index (χ1n) is 9.46. The highest BCUT2D eigenvalue weighted by molar-refractivity contribution is 7.21. The number of thiophene rings is 1. The van der Waals surface area contributed by atoms with Crippen molar-refractivity contribution in [2.24, 2.45) is 0 Å². The molecule has 7 heteroatoms. The van der Waals surface area contributed by atoms with Gasteiger partial charge in [0.25, 0.3) is 5.91 Å². The molecule has 3 N–H and O–H groups in total. The van der Waals surface area contributed by atoms with Crippen LogP contribution in [0.15, 0.2) is 60.7 Å². The maximum atomic E-state index is 12.8. The van der Waals surface area contributed by atoms with Gasteiger partial charge in [0.05, 0.1) is 25.1 Å². The number of fused-ring (bicyclic) bond motifs is 1. The number of nitrogens with one attached hydrogen (secondary N) is 1. The van der Waals surface area contributed by atoms with E-state index >= 15 is 0 Å². The molecule has 4 aromatic rings. The second-order valence-electron chi connectivity index (χ2n) is 6.54. The van der Waals surface area contributed by atoms with Crippen molar-refractivity contribution < 1.29 is 14.3 Å². The van der Waals surface area contributed by atoms with Crippen LogP contribution in [0.3, 0.4) is 0 Å². The number of methoxy groups -OCH3 is 1. The van der Waals surface area contributed by atoms with Crippen LogP contribution in [0.25, 0.3) is 21.5 Å². The normalized spacial score (nSPS) is 10.7. The number of nitrogen functional groups attached to an aromatic ring is 1. The number of hydrogen-bond acceptors (Lipinski definition) is 6. The van der Waals surface area contributed by atoms with Crippen LogP contribution in [0.2, 0.25) is 0 Å². The molecule has 0 fully saturated rings. The third-order valence-electron chi connectivity index (χ3n) is 4.57. The predicted molar refractivity (Wildman–Crippen MR) is 122 cm³/mol. The van der Waals surface area contributed by atoms with Gasteiger partial charge >= 0.3 is 0 Å². The molecule has 0 spiro atoms. The minimum atomic E-state index is -0.271. The van der Waals surface area contributed by atoms with Crippen LogP contribution in [0.5, 0.6) is 11.5 Å². The molecule has 0 aliphatic rings. The van der Waals surface area contributed by atoms with Crippen LogP contribution < -0.4 is 20.5 Å². The van der Waals surface area contributed by atoms with Crippen molar-refractivity contribution in [1.82, 2.24) is 4.98 Å². The van der Waals surface area contributed by atoms with Gasteiger partial charge in [0.2, 0.25) is 0 Å². The summed E-state index contributed by atoms with van der Waals surface area (Å²) in [5.41, 5.74) is 9.07. The minimum Gasteiger partial charge on any atom is -0.497 e. The summed E-state index contributed by atoms with van der Waals surface area (Å²) in [5.74, 6) is 1.19.